The van der Waals surface area contributed by atoms with Crippen molar-refractivity contribution in [2.24, 2.45) is 5.92 Å². The van der Waals surface area contributed by atoms with Gasteiger partial charge in [-0.25, -0.2) is 8.42 Å². The largest absolute Gasteiger partial charge is 0.352 e. The lowest BCUT2D eigenvalue weighted by molar-refractivity contribution is -0.121. The summed E-state index contributed by atoms with van der Waals surface area (Å²) >= 11 is 1.31. The Balaban J connectivity index is 0.00000338. The fraction of sp³-hybridized carbons (Fsp3) is 0.611. The van der Waals surface area contributed by atoms with Crippen molar-refractivity contribution in [2.45, 2.75) is 54.7 Å². The quantitative estimate of drug-likeness (QED) is 0.663. The van der Waals surface area contributed by atoms with Gasteiger partial charge in [-0.1, -0.05) is 26.0 Å². The molecule has 1 aromatic rings. The first-order valence-electron chi connectivity index (χ1n) is 8.84. The summed E-state index contributed by atoms with van der Waals surface area (Å²) in [6.07, 6.45) is 1.50. The summed E-state index contributed by atoms with van der Waals surface area (Å²) in [4.78, 5) is 13.5. The van der Waals surface area contributed by atoms with Crippen molar-refractivity contribution in [3.05, 3.63) is 24.3 Å². The lowest BCUT2D eigenvalue weighted by Crippen LogP contribution is -2.50. The second-order valence-electron chi connectivity index (χ2n) is 6.61. The minimum Gasteiger partial charge on any atom is -0.352 e. The van der Waals surface area contributed by atoms with E-state index in [2.05, 4.69) is 17.6 Å². The van der Waals surface area contributed by atoms with Crippen LogP contribution in [0.15, 0.2) is 34.1 Å². The zero-order chi connectivity index (χ0) is 18.4. The molecule has 1 fully saturated rings. The van der Waals surface area contributed by atoms with Crippen LogP contribution in [0, 0.1) is 5.92 Å². The van der Waals surface area contributed by atoms with Crippen LogP contribution in [-0.4, -0.2) is 44.5 Å². The van der Waals surface area contributed by atoms with Crippen LogP contribution >= 0.6 is 24.2 Å². The zero-order valence-corrected chi connectivity index (χ0v) is 18.0. The molecular formula is C18H29ClN2O3S2. The number of halogens is 1. The Morgan fingerprint density at radius 3 is 2.73 bits per heavy atom. The van der Waals surface area contributed by atoms with Gasteiger partial charge in [0, 0.05) is 10.9 Å². The second kappa shape index (κ2) is 10.5. The number of thioether (sulfide) groups is 1. The molecule has 0 aromatic heterocycles. The van der Waals surface area contributed by atoms with E-state index in [0.29, 0.717) is 22.1 Å². The average molecular weight is 421 g/mol. The van der Waals surface area contributed by atoms with Crippen molar-refractivity contribution in [3.63, 3.8) is 0 Å². The van der Waals surface area contributed by atoms with Gasteiger partial charge in [-0.3, -0.25) is 4.79 Å². The number of amides is 1. The number of hydrogen-bond donors (Lipinski definition) is 2. The van der Waals surface area contributed by atoms with Gasteiger partial charge < -0.3 is 10.6 Å². The fourth-order valence-corrected chi connectivity index (χ4v) is 5.80. The summed E-state index contributed by atoms with van der Waals surface area (Å²) < 4.78 is 24.9. The molecule has 0 aliphatic carbocycles. The molecule has 1 aliphatic rings. The Hall–Kier alpha value is -0.760. The van der Waals surface area contributed by atoms with Crippen LogP contribution in [0.3, 0.4) is 0 Å². The molecule has 3 atom stereocenters. The van der Waals surface area contributed by atoms with Crippen molar-refractivity contribution in [3.8, 4) is 0 Å². The van der Waals surface area contributed by atoms with Gasteiger partial charge >= 0.3 is 0 Å². The Morgan fingerprint density at radius 1 is 1.38 bits per heavy atom. The van der Waals surface area contributed by atoms with E-state index < -0.39 is 9.84 Å². The van der Waals surface area contributed by atoms with Gasteiger partial charge in [0.25, 0.3) is 0 Å². The minimum atomic E-state index is -3.31. The van der Waals surface area contributed by atoms with Crippen LogP contribution in [-0.2, 0) is 14.6 Å². The highest BCUT2D eigenvalue weighted by Crippen LogP contribution is 2.31. The van der Waals surface area contributed by atoms with E-state index in [9.17, 15) is 13.2 Å². The smallest absolute Gasteiger partial charge is 0.233 e. The molecule has 0 bridgehead atoms. The first kappa shape index (κ1) is 23.3. The highest BCUT2D eigenvalue weighted by atomic mass is 35.5. The maximum absolute atomic E-state index is 12.5. The molecule has 8 heteroatoms. The van der Waals surface area contributed by atoms with Crippen LogP contribution in [0.4, 0.5) is 0 Å². The van der Waals surface area contributed by atoms with Crippen molar-refractivity contribution in [1.29, 1.82) is 0 Å². The van der Waals surface area contributed by atoms with Crippen molar-refractivity contribution < 1.29 is 13.2 Å². The molecule has 5 nitrogen and oxygen atoms in total. The zero-order valence-electron chi connectivity index (χ0n) is 15.5. The Bertz CT molecular complexity index is 697. The summed E-state index contributed by atoms with van der Waals surface area (Å²) in [5, 5.41) is 6.10. The SMILES string of the molecule is CCCS(=O)(=O)c1ccccc1SC(C)C(=O)NC1CCNCC1C.Cl. The number of nitrogens with one attached hydrogen (secondary N) is 2. The number of carbonyl (C=O) groups excluding carboxylic acids is 1. The highest BCUT2D eigenvalue weighted by Gasteiger charge is 2.26. The standard InChI is InChI=1S/C18H28N2O3S2.ClH/c1-4-11-25(22,23)17-8-6-5-7-16(17)24-14(3)18(21)20-15-9-10-19-12-13(15)2;/h5-8,13-15,19H,4,9-12H2,1-3H3,(H,20,21);1H. The number of carbonyl (C=O) groups is 1. The minimum absolute atomic E-state index is 0. The molecule has 2 N–H and O–H groups in total. The molecule has 0 radical (unpaired) electrons. The molecule has 3 unspecified atom stereocenters. The number of hydrogen-bond acceptors (Lipinski definition) is 5. The lowest BCUT2D eigenvalue weighted by Gasteiger charge is -2.31. The van der Waals surface area contributed by atoms with E-state index >= 15 is 0 Å². The molecule has 2 rings (SSSR count). The Kier molecular flexibility index (Phi) is 9.44. The lowest BCUT2D eigenvalue weighted by atomic mass is 9.95. The molecule has 26 heavy (non-hydrogen) atoms. The molecule has 1 saturated heterocycles. The number of piperidine rings is 1. The van der Waals surface area contributed by atoms with E-state index in [0.717, 1.165) is 19.5 Å². The van der Waals surface area contributed by atoms with Gasteiger partial charge in [-0.2, -0.15) is 0 Å². The fourth-order valence-electron chi connectivity index (χ4n) is 2.96. The van der Waals surface area contributed by atoms with Gasteiger partial charge in [0.1, 0.15) is 0 Å². The molecule has 1 heterocycles. The van der Waals surface area contributed by atoms with Gasteiger partial charge in [-0.05, 0) is 50.9 Å². The van der Waals surface area contributed by atoms with Crippen LogP contribution in [0.2, 0.25) is 0 Å². The van der Waals surface area contributed by atoms with Gasteiger partial charge in [0.05, 0.1) is 15.9 Å². The highest BCUT2D eigenvalue weighted by molar-refractivity contribution is 8.01. The van der Waals surface area contributed by atoms with E-state index in [4.69, 9.17) is 0 Å². The Labute approximate surface area is 167 Å². The summed E-state index contributed by atoms with van der Waals surface area (Å²) in [5.74, 6) is 0.483. The summed E-state index contributed by atoms with van der Waals surface area (Å²) in [5.41, 5.74) is 0. The van der Waals surface area contributed by atoms with E-state index in [1.165, 1.54) is 11.8 Å². The average Bonchev–Trinajstić information content (AvgIpc) is 2.57. The van der Waals surface area contributed by atoms with E-state index in [1.54, 1.807) is 18.2 Å². The summed E-state index contributed by atoms with van der Waals surface area (Å²) in [6, 6.07) is 7.13. The molecule has 0 saturated carbocycles. The maximum Gasteiger partial charge on any atom is 0.233 e. The number of benzene rings is 1. The molecule has 0 spiro atoms. The number of rotatable bonds is 7. The predicted octanol–water partition coefficient (Wildman–Crippen LogP) is 2.89. The molecule has 1 amide bonds. The van der Waals surface area contributed by atoms with Crippen LogP contribution < -0.4 is 10.6 Å². The summed E-state index contributed by atoms with van der Waals surface area (Å²) in [7, 11) is -3.31. The Morgan fingerprint density at radius 2 is 2.08 bits per heavy atom. The number of sulfone groups is 1. The third-order valence-electron chi connectivity index (χ3n) is 4.44. The normalized spacial score (nSPS) is 21.5. The third-order valence-corrected chi connectivity index (χ3v) is 7.72. The van der Waals surface area contributed by atoms with Crippen LogP contribution in [0.25, 0.3) is 0 Å². The molecular weight excluding hydrogens is 392 g/mol. The third kappa shape index (κ3) is 6.15. The maximum atomic E-state index is 12.5. The van der Waals surface area contributed by atoms with E-state index in [-0.39, 0.29) is 35.4 Å². The van der Waals surface area contributed by atoms with E-state index in [1.807, 2.05) is 19.9 Å². The van der Waals surface area contributed by atoms with Crippen LogP contribution in [0.5, 0.6) is 0 Å². The second-order valence-corrected chi connectivity index (χ2v) is 10.1. The van der Waals surface area contributed by atoms with Gasteiger partial charge in [0.2, 0.25) is 5.91 Å². The molecule has 1 aliphatic heterocycles. The first-order chi connectivity index (χ1) is 11.8. The van der Waals surface area contributed by atoms with Crippen LogP contribution in [0.1, 0.15) is 33.6 Å². The van der Waals surface area contributed by atoms with Crippen molar-refractivity contribution in [1.82, 2.24) is 10.6 Å². The topological polar surface area (TPSA) is 75.3 Å². The van der Waals surface area contributed by atoms with Gasteiger partial charge in [-0.15, -0.1) is 24.2 Å². The predicted molar refractivity (Wildman–Crippen MR) is 110 cm³/mol. The molecule has 148 valence electrons. The first-order valence-corrected chi connectivity index (χ1v) is 11.4. The van der Waals surface area contributed by atoms with Crippen molar-refractivity contribution >= 4 is 39.9 Å². The molecule has 1 aromatic carbocycles. The van der Waals surface area contributed by atoms with Gasteiger partial charge in [0.15, 0.2) is 9.84 Å². The summed E-state index contributed by atoms with van der Waals surface area (Å²) in [6.45, 7) is 7.62. The van der Waals surface area contributed by atoms with Crippen molar-refractivity contribution in [2.75, 3.05) is 18.8 Å². The monoisotopic (exact) mass is 420 g/mol.